The van der Waals surface area contributed by atoms with Crippen molar-refractivity contribution in [2.24, 2.45) is 22.7 Å². The van der Waals surface area contributed by atoms with E-state index in [4.69, 9.17) is 14.2 Å². The number of thioether (sulfide) groups is 1. The van der Waals surface area contributed by atoms with Crippen LogP contribution in [0.3, 0.4) is 0 Å². The van der Waals surface area contributed by atoms with E-state index in [1.807, 2.05) is 19.9 Å². The molecule has 0 amide bonds. The van der Waals surface area contributed by atoms with Gasteiger partial charge in [0.1, 0.15) is 6.61 Å². The Bertz CT molecular complexity index is 1030. The van der Waals surface area contributed by atoms with Gasteiger partial charge in [-0.1, -0.05) is 43.7 Å². The first-order valence-corrected chi connectivity index (χ1v) is 14.0. The lowest BCUT2D eigenvalue weighted by Gasteiger charge is -2.63. The first kappa shape index (κ1) is 25.1. The van der Waals surface area contributed by atoms with Crippen molar-refractivity contribution in [2.75, 3.05) is 13.2 Å². The Morgan fingerprint density at radius 1 is 1.11 bits per heavy atom. The second kappa shape index (κ2) is 9.08. The summed E-state index contributed by atoms with van der Waals surface area (Å²) in [5.74, 6) is 0.159. The van der Waals surface area contributed by atoms with Gasteiger partial charge in [0, 0.05) is 21.1 Å². The number of cyclic esters (lactones) is 1. The molecule has 2 saturated carbocycles. The number of ether oxygens (including phenoxy) is 3. The molecule has 0 spiro atoms. The number of rotatable bonds is 5. The number of benzene rings is 1. The number of esters is 1. The maximum atomic E-state index is 12.7. The summed E-state index contributed by atoms with van der Waals surface area (Å²) in [6.07, 6.45) is 7.43. The molecule has 0 bridgehead atoms. The Kier molecular flexibility index (Phi) is 6.51. The quantitative estimate of drug-likeness (QED) is 0.253. The van der Waals surface area contributed by atoms with Gasteiger partial charge in [-0.2, -0.15) is 0 Å². The van der Waals surface area contributed by atoms with Gasteiger partial charge in [-0.15, -0.1) is 11.8 Å². The maximum Gasteiger partial charge on any atom is 0.335 e. The minimum absolute atomic E-state index is 0.00732. The van der Waals surface area contributed by atoms with Gasteiger partial charge in [0.15, 0.2) is 5.79 Å². The van der Waals surface area contributed by atoms with Crippen LogP contribution in [0.5, 0.6) is 0 Å². The molecule has 1 saturated heterocycles. The zero-order valence-electron chi connectivity index (χ0n) is 21.9. The average Bonchev–Trinajstić information content (AvgIpc) is 3.23. The Hall–Kier alpha value is -1.56. The van der Waals surface area contributed by atoms with Crippen molar-refractivity contribution in [3.8, 4) is 0 Å². The van der Waals surface area contributed by atoms with Gasteiger partial charge >= 0.3 is 5.97 Å². The first-order valence-electron chi connectivity index (χ1n) is 13.1. The van der Waals surface area contributed by atoms with E-state index in [1.165, 1.54) is 16.0 Å². The molecule has 1 aromatic rings. The van der Waals surface area contributed by atoms with Crippen molar-refractivity contribution in [2.45, 2.75) is 88.8 Å². The number of carbonyl (C=O) groups is 1. The molecule has 0 aromatic heterocycles. The number of fused-ring (bicyclic) bond motifs is 3. The fourth-order valence-electron chi connectivity index (χ4n) is 7.37. The van der Waals surface area contributed by atoms with Crippen molar-refractivity contribution in [1.82, 2.24) is 0 Å². The fourth-order valence-corrected chi connectivity index (χ4v) is 8.60. The molecule has 4 nitrogen and oxygen atoms in total. The largest absolute Gasteiger partial charge is 0.458 e. The van der Waals surface area contributed by atoms with Crippen LogP contribution in [0.4, 0.5) is 0 Å². The van der Waals surface area contributed by atoms with E-state index in [0.717, 1.165) is 44.3 Å². The van der Waals surface area contributed by atoms with Crippen molar-refractivity contribution < 1.29 is 19.0 Å². The summed E-state index contributed by atoms with van der Waals surface area (Å²) in [5, 5.41) is 0.0494. The van der Waals surface area contributed by atoms with Gasteiger partial charge in [-0.05, 0) is 88.3 Å². The van der Waals surface area contributed by atoms with Gasteiger partial charge in [0.2, 0.25) is 0 Å². The Morgan fingerprint density at radius 2 is 1.86 bits per heavy atom. The lowest BCUT2D eigenvalue weighted by Crippen LogP contribution is -2.63. The summed E-state index contributed by atoms with van der Waals surface area (Å²) in [4.78, 5) is 13.9. The third-order valence-corrected chi connectivity index (χ3v) is 10.6. The highest BCUT2D eigenvalue weighted by Crippen LogP contribution is 2.64. The summed E-state index contributed by atoms with van der Waals surface area (Å²) in [6, 6.07) is 8.62. The molecular weight excluding hydrogens is 456 g/mol. The highest BCUT2D eigenvalue weighted by Gasteiger charge is 2.61. The molecular formula is C30H40O4S. The van der Waals surface area contributed by atoms with Crippen LogP contribution in [0.15, 0.2) is 53.0 Å². The smallest absolute Gasteiger partial charge is 0.335 e. The van der Waals surface area contributed by atoms with Gasteiger partial charge in [-0.25, -0.2) is 4.79 Å². The number of hydrogen-bond donors (Lipinski definition) is 0. The SMILES string of the molecule is C=C1CC[C@@H]2[C@]3(C)COC(C)(C)O[C@@H]3CC[C@@]2(C)[C@@H]1CC(Sc1ccc(C)cc1)C1=CCOC1=O. The molecule has 2 heterocycles. The standard InChI is InChI=1S/C30H40O4S/c1-19-7-10-21(11-8-19)35-24(22-14-16-32-27(22)31)17-23-20(2)9-12-25-29(23,5)15-13-26-30(25,6)18-33-28(3,4)34-26/h7-8,10-11,14,23-26H,2,9,12-13,15-18H2,1,3-6H3/t23-,24?,25+,26-,29+,30+/m1/s1. The van der Waals surface area contributed by atoms with Crippen molar-refractivity contribution in [3.05, 3.63) is 53.6 Å². The number of carbonyl (C=O) groups excluding carboxylic acids is 1. The van der Waals surface area contributed by atoms with Crippen LogP contribution in [0, 0.1) is 29.6 Å². The van der Waals surface area contributed by atoms with Crippen LogP contribution in [0.2, 0.25) is 0 Å². The van der Waals surface area contributed by atoms with Crippen LogP contribution in [0.1, 0.15) is 65.4 Å². The molecule has 190 valence electrons. The predicted molar refractivity (Wildman–Crippen MR) is 140 cm³/mol. The molecule has 5 heteroatoms. The maximum absolute atomic E-state index is 12.7. The number of aryl methyl sites for hydroxylation is 1. The van der Waals surface area contributed by atoms with E-state index in [2.05, 4.69) is 51.6 Å². The Morgan fingerprint density at radius 3 is 2.54 bits per heavy atom. The summed E-state index contributed by atoms with van der Waals surface area (Å²) >= 11 is 1.79. The van der Waals surface area contributed by atoms with Crippen LogP contribution in [0.25, 0.3) is 0 Å². The summed E-state index contributed by atoms with van der Waals surface area (Å²) in [5.41, 5.74) is 3.49. The molecule has 5 rings (SSSR count). The molecule has 4 aliphatic rings. The van der Waals surface area contributed by atoms with Crippen LogP contribution in [-0.2, 0) is 19.0 Å². The molecule has 3 fully saturated rings. The highest BCUT2D eigenvalue weighted by atomic mass is 32.2. The monoisotopic (exact) mass is 496 g/mol. The summed E-state index contributed by atoms with van der Waals surface area (Å²) in [7, 11) is 0. The van der Waals surface area contributed by atoms with Crippen molar-refractivity contribution in [3.63, 3.8) is 0 Å². The second-order valence-electron chi connectivity index (χ2n) is 12.1. The van der Waals surface area contributed by atoms with Crippen molar-refractivity contribution in [1.29, 1.82) is 0 Å². The van der Waals surface area contributed by atoms with E-state index in [1.54, 1.807) is 11.8 Å². The van der Waals surface area contributed by atoms with E-state index in [-0.39, 0.29) is 28.2 Å². The van der Waals surface area contributed by atoms with Crippen LogP contribution >= 0.6 is 11.8 Å². The third-order valence-electron chi connectivity index (χ3n) is 9.32. The highest BCUT2D eigenvalue weighted by molar-refractivity contribution is 8.00. The van der Waals surface area contributed by atoms with Gasteiger partial charge in [-0.3, -0.25) is 0 Å². The minimum atomic E-state index is -0.513. The third kappa shape index (κ3) is 4.53. The summed E-state index contributed by atoms with van der Waals surface area (Å²) < 4.78 is 18.1. The summed E-state index contributed by atoms with van der Waals surface area (Å²) in [6.45, 7) is 16.7. The van der Waals surface area contributed by atoms with E-state index >= 15 is 0 Å². The van der Waals surface area contributed by atoms with Gasteiger partial charge < -0.3 is 14.2 Å². The Balaban J connectivity index is 1.44. The zero-order chi connectivity index (χ0) is 25.0. The molecule has 2 aliphatic heterocycles. The number of hydrogen-bond acceptors (Lipinski definition) is 5. The van der Waals surface area contributed by atoms with E-state index in [9.17, 15) is 4.79 Å². The lowest BCUT2D eigenvalue weighted by atomic mass is 9.46. The van der Waals surface area contributed by atoms with Gasteiger partial charge in [0.05, 0.1) is 12.7 Å². The second-order valence-corrected chi connectivity index (χ2v) is 13.3. The average molecular weight is 497 g/mol. The van der Waals surface area contributed by atoms with Crippen LogP contribution < -0.4 is 0 Å². The predicted octanol–water partition coefficient (Wildman–Crippen LogP) is 6.87. The zero-order valence-corrected chi connectivity index (χ0v) is 22.7. The van der Waals surface area contributed by atoms with E-state index < -0.39 is 5.79 Å². The van der Waals surface area contributed by atoms with Crippen LogP contribution in [-0.4, -0.2) is 36.3 Å². The molecule has 35 heavy (non-hydrogen) atoms. The molecule has 0 N–H and O–H groups in total. The van der Waals surface area contributed by atoms with Crippen molar-refractivity contribution >= 4 is 17.7 Å². The first-order chi connectivity index (χ1) is 16.5. The molecule has 1 aromatic carbocycles. The normalized spacial score (nSPS) is 37.2. The van der Waals surface area contributed by atoms with Gasteiger partial charge in [0.25, 0.3) is 0 Å². The topological polar surface area (TPSA) is 44.8 Å². The fraction of sp³-hybridized carbons (Fsp3) is 0.633. The van der Waals surface area contributed by atoms with E-state index in [0.29, 0.717) is 18.4 Å². The molecule has 6 atom stereocenters. The minimum Gasteiger partial charge on any atom is -0.458 e. The Labute approximate surface area is 214 Å². The molecule has 2 aliphatic carbocycles. The lowest BCUT2D eigenvalue weighted by molar-refractivity contribution is -0.344. The molecule has 1 unspecified atom stereocenters. The number of allylic oxidation sites excluding steroid dienone is 1. The molecule has 0 radical (unpaired) electrons.